The molecule has 1 aromatic heterocycles. The summed E-state index contributed by atoms with van der Waals surface area (Å²) in [5, 5.41) is 1.70. The standard InChI is InChI=1S/C19H25FN2O.C3H6S.C2H4F2/c1-19(2,3)12-22-11-14(10-21)16-8-17(20)15(9-18(16)22)13-4-6-23-7-5-13;4-3-1-2-3;1-2(3)4/h4,8-9,11H,5-7,10,12,21H2,1-3H3;3-4H,1-2H2;2H,1H3. The summed E-state index contributed by atoms with van der Waals surface area (Å²) >= 11 is 4.08. The van der Waals surface area contributed by atoms with Crippen LogP contribution in [0.4, 0.5) is 13.2 Å². The topological polar surface area (TPSA) is 40.2 Å². The number of nitrogens with two attached hydrogens (primary N) is 1. The van der Waals surface area contributed by atoms with Crippen molar-refractivity contribution in [2.45, 2.75) is 71.7 Å². The zero-order valence-electron chi connectivity index (χ0n) is 18.9. The molecule has 2 heterocycles. The Morgan fingerprint density at radius 1 is 1.26 bits per heavy atom. The van der Waals surface area contributed by atoms with Crippen LogP contribution in [0, 0.1) is 11.2 Å². The van der Waals surface area contributed by atoms with Gasteiger partial charge in [-0.3, -0.25) is 0 Å². The molecule has 1 aliphatic heterocycles. The number of benzene rings is 1. The first-order valence-corrected chi connectivity index (χ1v) is 11.3. The molecule has 31 heavy (non-hydrogen) atoms. The van der Waals surface area contributed by atoms with Gasteiger partial charge >= 0.3 is 0 Å². The van der Waals surface area contributed by atoms with E-state index in [4.69, 9.17) is 10.5 Å². The number of alkyl halides is 2. The summed E-state index contributed by atoms with van der Waals surface area (Å²) in [4.78, 5) is 0. The lowest BCUT2D eigenvalue weighted by Gasteiger charge is -2.20. The van der Waals surface area contributed by atoms with Crippen molar-refractivity contribution in [1.82, 2.24) is 4.57 Å². The van der Waals surface area contributed by atoms with Gasteiger partial charge in [0.1, 0.15) is 5.82 Å². The number of ether oxygens (including phenoxy) is 1. The van der Waals surface area contributed by atoms with Crippen LogP contribution in [0.15, 0.2) is 24.4 Å². The highest BCUT2D eigenvalue weighted by Crippen LogP contribution is 2.32. The third kappa shape index (κ3) is 8.54. The summed E-state index contributed by atoms with van der Waals surface area (Å²) in [6.07, 6.45) is 5.34. The van der Waals surface area contributed by atoms with Crippen molar-refractivity contribution < 1.29 is 17.9 Å². The summed E-state index contributed by atoms with van der Waals surface area (Å²) < 4.78 is 42.9. The summed E-state index contributed by atoms with van der Waals surface area (Å²) in [6, 6.07) is 3.62. The second-order valence-corrected chi connectivity index (χ2v) is 9.93. The van der Waals surface area contributed by atoms with Gasteiger partial charge in [-0.15, -0.1) is 0 Å². The van der Waals surface area contributed by atoms with Crippen LogP contribution in [0.5, 0.6) is 0 Å². The van der Waals surface area contributed by atoms with Crippen molar-refractivity contribution >= 4 is 29.1 Å². The average molecular weight is 457 g/mol. The van der Waals surface area contributed by atoms with Crippen molar-refractivity contribution in [3.8, 4) is 0 Å². The number of fused-ring (bicyclic) bond motifs is 1. The first kappa shape index (κ1) is 25.8. The van der Waals surface area contributed by atoms with E-state index in [0.717, 1.165) is 47.2 Å². The molecule has 2 aromatic rings. The minimum atomic E-state index is -2.17. The molecule has 2 N–H and O–H groups in total. The number of hydrogen-bond donors (Lipinski definition) is 2. The molecule has 0 spiro atoms. The Balaban J connectivity index is 0.000000361. The Hall–Kier alpha value is -1.44. The van der Waals surface area contributed by atoms with E-state index in [9.17, 15) is 13.2 Å². The molecular weight excluding hydrogens is 421 g/mol. The van der Waals surface area contributed by atoms with Gasteiger partial charge in [0.2, 0.25) is 6.43 Å². The number of nitrogens with zero attached hydrogens (tertiary/aromatic N) is 1. The molecule has 0 bridgehead atoms. The van der Waals surface area contributed by atoms with Crippen LogP contribution in [-0.4, -0.2) is 29.5 Å². The quantitative estimate of drug-likeness (QED) is 0.522. The predicted octanol–water partition coefficient (Wildman–Crippen LogP) is 6.44. The van der Waals surface area contributed by atoms with E-state index >= 15 is 0 Å². The summed E-state index contributed by atoms with van der Waals surface area (Å²) in [5.41, 5.74) is 9.79. The molecule has 0 saturated heterocycles. The highest BCUT2D eigenvalue weighted by molar-refractivity contribution is 7.81. The molecule has 2 aliphatic rings. The van der Waals surface area contributed by atoms with E-state index in [2.05, 4.69) is 44.2 Å². The van der Waals surface area contributed by atoms with Crippen LogP contribution in [0.1, 0.15) is 58.1 Å². The zero-order chi connectivity index (χ0) is 23.2. The van der Waals surface area contributed by atoms with Crippen molar-refractivity contribution in [2.75, 3.05) is 13.2 Å². The lowest BCUT2D eigenvalue weighted by Crippen LogP contribution is -2.14. The number of aromatic nitrogens is 1. The van der Waals surface area contributed by atoms with Gasteiger partial charge in [0.25, 0.3) is 0 Å². The first-order chi connectivity index (χ1) is 14.5. The van der Waals surface area contributed by atoms with Gasteiger partial charge < -0.3 is 15.0 Å². The smallest absolute Gasteiger partial charge is 0.235 e. The average Bonchev–Trinajstić information content (AvgIpc) is 3.39. The van der Waals surface area contributed by atoms with Gasteiger partial charge in [0, 0.05) is 41.0 Å². The fraction of sp³-hybridized carbons (Fsp3) is 0.583. The molecule has 0 radical (unpaired) electrons. The maximum absolute atomic E-state index is 14.6. The Labute approximate surface area is 189 Å². The molecule has 1 aromatic carbocycles. The van der Waals surface area contributed by atoms with E-state index in [1.807, 2.05) is 12.1 Å². The van der Waals surface area contributed by atoms with Crippen LogP contribution < -0.4 is 5.73 Å². The van der Waals surface area contributed by atoms with E-state index in [1.54, 1.807) is 6.07 Å². The lowest BCUT2D eigenvalue weighted by atomic mass is 9.96. The van der Waals surface area contributed by atoms with Crippen LogP contribution in [-0.2, 0) is 17.8 Å². The Morgan fingerprint density at radius 3 is 2.32 bits per heavy atom. The normalized spacial score (nSPS) is 16.4. The van der Waals surface area contributed by atoms with Gasteiger partial charge in [-0.2, -0.15) is 12.6 Å². The molecule has 0 unspecified atom stereocenters. The van der Waals surface area contributed by atoms with E-state index in [-0.39, 0.29) is 11.2 Å². The summed E-state index contributed by atoms with van der Waals surface area (Å²) in [5.74, 6) is -0.172. The maximum atomic E-state index is 14.6. The van der Waals surface area contributed by atoms with Crippen LogP contribution >= 0.6 is 12.6 Å². The Morgan fingerprint density at radius 2 is 1.87 bits per heavy atom. The molecule has 7 heteroatoms. The van der Waals surface area contributed by atoms with E-state index in [0.29, 0.717) is 25.3 Å². The van der Waals surface area contributed by atoms with Crippen LogP contribution in [0.25, 0.3) is 16.5 Å². The Kier molecular flexibility index (Phi) is 9.52. The largest absolute Gasteiger partial charge is 0.377 e. The third-order valence-electron chi connectivity index (χ3n) is 4.77. The number of halogens is 3. The summed E-state index contributed by atoms with van der Waals surface area (Å²) in [6.45, 7) is 9.94. The number of hydrogen-bond acceptors (Lipinski definition) is 3. The fourth-order valence-electron chi connectivity index (χ4n) is 3.28. The molecule has 0 atom stereocenters. The molecule has 0 amide bonds. The van der Waals surface area contributed by atoms with Gasteiger partial charge in [-0.05, 0) is 54.9 Å². The molecule has 1 aliphatic carbocycles. The van der Waals surface area contributed by atoms with Crippen LogP contribution in [0.2, 0.25) is 0 Å². The second kappa shape index (κ2) is 11.4. The molecule has 3 nitrogen and oxygen atoms in total. The van der Waals surface area contributed by atoms with Gasteiger partial charge in [0.05, 0.1) is 13.2 Å². The van der Waals surface area contributed by atoms with Gasteiger partial charge in [-0.1, -0.05) is 26.8 Å². The number of rotatable bonds is 3. The zero-order valence-corrected chi connectivity index (χ0v) is 19.8. The molecule has 1 saturated carbocycles. The van der Waals surface area contributed by atoms with Crippen LogP contribution in [0.3, 0.4) is 0 Å². The van der Waals surface area contributed by atoms with E-state index < -0.39 is 6.43 Å². The molecular formula is C24H35F3N2OS. The minimum absolute atomic E-state index is 0.143. The first-order valence-electron chi connectivity index (χ1n) is 10.8. The summed E-state index contributed by atoms with van der Waals surface area (Å²) in [7, 11) is 0. The SMILES string of the molecule is CC(C)(C)Cn1cc(CN)c2cc(F)c(C3=CCOCC3)cc21.CC(F)F.SC1CC1. The predicted molar refractivity (Wildman–Crippen MR) is 126 cm³/mol. The van der Waals surface area contributed by atoms with Gasteiger partial charge in [-0.25, -0.2) is 13.2 Å². The monoisotopic (exact) mass is 456 g/mol. The molecule has 4 rings (SSSR count). The highest BCUT2D eigenvalue weighted by atomic mass is 32.1. The van der Waals surface area contributed by atoms with Crippen molar-refractivity contribution in [2.24, 2.45) is 11.1 Å². The Bertz CT molecular complexity index is 880. The minimum Gasteiger partial charge on any atom is -0.377 e. The third-order valence-corrected chi connectivity index (χ3v) is 5.29. The van der Waals surface area contributed by atoms with Gasteiger partial charge in [0.15, 0.2) is 0 Å². The van der Waals surface area contributed by atoms with E-state index in [1.165, 1.54) is 12.8 Å². The maximum Gasteiger partial charge on any atom is 0.235 e. The highest BCUT2D eigenvalue weighted by Gasteiger charge is 2.19. The van der Waals surface area contributed by atoms with Crippen molar-refractivity contribution in [3.05, 3.63) is 41.3 Å². The molecule has 1 fully saturated rings. The molecule has 174 valence electrons. The van der Waals surface area contributed by atoms with Crippen molar-refractivity contribution in [1.29, 1.82) is 0 Å². The fourth-order valence-corrected chi connectivity index (χ4v) is 3.43. The second-order valence-electron chi connectivity index (χ2n) is 9.20. The lowest BCUT2D eigenvalue weighted by molar-refractivity contribution is 0.161. The number of thiol groups is 1. The van der Waals surface area contributed by atoms with Crippen molar-refractivity contribution in [3.63, 3.8) is 0 Å².